The Morgan fingerprint density at radius 3 is 2.88 bits per heavy atom. The van der Waals surface area contributed by atoms with Crippen LogP contribution in [0.4, 0.5) is 0 Å². The minimum Gasteiger partial charge on any atom is -0.381 e. The number of hydrogen-bond acceptors (Lipinski definition) is 4. The van der Waals surface area contributed by atoms with Crippen LogP contribution in [0.1, 0.15) is 31.7 Å². The Morgan fingerprint density at radius 2 is 2.12 bits per heavy atom. The van der Waals surface area contributed by atoms with Crippen LogP contribution in [0.5, 0.6) is 0 Å². The lowest BCUT2D eigenvalue weighted by molar-refractivity contribution is -0.141. The highest BCUT2D eigenvalue weighted by Crippen LogP contribution is 2.41. The molecule has 0 N–H and O–H groups in total. The van der Waals surface area contributed by atoms with E-state index in [4.69, 9.17) is 9.47 Å². The Kier molecular flexibility index (Phi) is 5.59. The Balaban J connectivity index is 1.76. The molecule has 5 nitrogen and oxygen atoms in total. The number of hydrogen-bond donors (Lipinski definition) is 0. The van der Waals surface area contributed by atoms with Crippen molar-refractivity contribution in [2.45, 2.75) is 38.0 Å². The van der Waals surface area contributed by atoms with Gasteiger partial charge in [0.15, 0.2) is 0 Å². The number of piperidine rings is 1. The maximum absolute atomic E-state index is 12.9. The molecule has 24 heavy (non-hydrogen) atoms. The first-order chi connectivity index (χ1) is 11.6. The molecule has 0 radical (unpaired) electrons. The van der Waals surface area contributed by atoms with Crippen molar-refractivity contribution >= 4 is 10.0 Å². The highest BCUT2D eigenvalue weighted by Gasteiger charge is 2.48. The number of benzene rings is 1. The molecule has 0 aliphatic carbocycles. The summed E-state index contributed by atoms with van der Waals surface area (Å²) in [5, 5.41) is 0. The molecule has 2 fully saturated rings. The van der Waals surface area contributed by atoms with Gasteiger partial charge >= 0.3 is 0 Å². The second-order valence-corrected chi connectivity index (χ2v) is 8.80. The van der Waals surface area contributed by atoms with E-state index < -0.39 is 10.0 Å². The summed E-state index contributed by atoms with van der Waals surface area (Å²) in [7, 11) is -3.33. The van der Waals surface area contributed by atoms with E-state index in [2.05, 4.69) is 0 Å². The van der Waals surface area contributed by atoms with Gasteiger partial charge in [-0.05, 0) is 31.7 Å². The average molecular weight is 353 g/mol. The lowest BCUT2D eigenvalue weighted by Gasteiger charge is -2.49. The Labute approximate surface area is 145 Å². The maximum atomic E-state index is 12.9. The van der Waals surface area contributed by atoms with Crippen LogP contribution >= 0.6 is 0 Å². The van der Waals surface area contributed by atoms with Gasteiger partial charge in [-0.3, -0.25) is 0 Å². The monoisotopic (exact) mass is 353 g/mol. The van der Waals surface area contributed by atoms with Crippen molar-refractivity contribution in [3.63, 3.8) is 0 Å². The van der Waals surface area contributed by atoms with E-state index in [0.29, 0.717) is 26.3 Å². The number of fused-ring (bicyclic) bond motifs is 1. The number of sulfonamides is 1. The van der Waals surface area contributed by atoms with Crippen molar-refractivity contribution in [1.29, 1.82) is 0 Å². The summed E-state index contributed by atoms with van der Waals surface area (Å²) in [4.78, 5) is 0. The van der Waals surface area contributed by atoms with Crippen molar-refractivity contribution in [3.8, 4) is 0 Å². The van der Waals surface area contributed by atoms with Gasteiger partial charge in [0.25, 0.3) is 0 Å². The van der Waals surface area contributed by atoms with Crippen molar-refractivity contribution in [3.05, 3.63) is 35.9 Å². The Bertz CT molecular complexity index is 634. The molecule has 0 unspecified atom stereocenters. The molecule has 0 saturated carbocycles. The maximum Gasteiger partial charge on any atom is 0.218 e. The van der Waals surface area contributed by atoms with E-state index in [1.807, 2.05) is 37.3 Å². The van der Waals surface area contributed by atoms with E-state index in [1.165, 1.54) is 0 Å². The lowest BCUT2D eigenvalue weighted by Crippen LogP contribution is -2.58. The Morgan fingerprint density at radius 1 is 1.33 bits per heavy atom. The van der Waals surface area contributed by atoms with Crippen molar-refractivity contribution in [2.75, 3.05) is 32.9 Å². The van der Waals surface area contributed by atoms with Gasteiger partial charge in [0, 0.05) is 31.7 Å². The smallest absolute Gasteiger partial charge is 0.218 e. The predicted molar refractivity (Wildman–Crippen MR) is 93.2 cm³/mol. The summed E-state index contributed by atoms with van der Waals surface area (Å²) in [6, 6.07) is 9.39. The predicted octanol–water partition coefficient (Wildman–Crippen LogP) is 2.42. The van der Waals surface area contributed by atoms with Gasteiger partial charge in [0.05, 0.1) is 18.5 Å². The zero-order valence-corrected chi connectivity index (χ0v) is 15.1. The third-order valence-electron chi connectivity index (χ3n) is 5.13. The molecule has 0 amide bonds. The molecule has 1 aromatic carbocycles. The van der Waals surface area contributed by atoms with Crippen LogP contribution in [0.25, 0.3) is 0 Å². The van der Waals surface area contributed by atoms with Crippen LogP contribution in [-0.4, -0.2) is 51.7 Å². The summed E-state index contributed by atoms with van der Waals surface area (Å²) in [6.07, 6.45) is 2.80. The average Bonchev–Trinajstić information content (AvgIpc) is 2.60. The first-order valence-electron chi connectivity index (χ1n) is 8.77. The van der Waals surface area contributed by atoms with Crippen LogP contribution in [-0.2, 0) is 25.2 Å². The first kappa shape index (κ1) is 17.9. The fourth-order valence-electron chi connectivity index (χ4n) is 3.88. The van der Waals surface area contributed by atoms with E-state index in [9.17, 15) is 8.42 Å². The molecule has 6 heteroatoms. The summed E-state index contributed by atoms with van der Waals surface area (Å²) in [5.41, 5.74) is 0.634. The van der Waals surface area contributed by atoms with E-state index >= 15 is 0 Å². The zero-order chi connectivity index (χ0) is 17.0. The molecule has 2 aliphatic rings. The number of rotatable bonds is 6. The normalized spacial score (nSPS) is 28.5. The first-order valence-corrected chi connectivity index (χ1v) is 10.4. The molecule has 2 aliphatic heterocycles. The number of nitrogens with zero attached hydrogens (tertiary/aromatic N) is 1. The standard InChI is InChI=1S/C18H27NO4S/c1-2-22-15-18-10-6-12-23-17(18)9-11-19(14-18)24(20,21)13-16-7-4-3-5-8-16/h3-5,7-8,17H,2,6,9-15H2,1H3/t17-,18+/m0/s1. The van der Waals surface area contributed by atoms with Crippen LogP contribution < -0.4 is 0 Å². The SMILES string of the molecule is CCOC[C@]12CCCO[C@H]1CCN(S(=O)(=O)Cc1ccccc1)C2. The summed E-state index contributed by atoms with van der Waals surface area (Å²) in [6.45, 7) is 5.01. The fraction of sp³-hybridized carbons (Fsp3) is 0.667. The molecular formula is C18H27NO4S. The molecule has 3 rings (SSSR count). The topological polar surface area (TPSA) is 55.8 Å². The van der Waals surface area contributed by atoms with Gasteiger partial charge < -0.3 is 9.47 Å². The zero-order valence-electron chi connectivity index (χ0n) is 14.3. The molecule has 0 aromatic heterocycles. The van der Waals surface area contributed by atoms with Crippen LogP contribution in [0.3, 0.4) is 0 Å². The largest absolute Gasteiger partial charge is 0.381 e. The van der Waals surface area contributed by atoms with Crippen molar-refractivity contribution in [1.82, 2.24) is 4.31 Å². The highest BCUT2D eigenvalue weighted by molar-refractivity contribution is 7.88. The Hall–Kier alpha value is -0.950. The summed E-state index contributed by atoms with van der Waals surface area (Å²) < 4.78 is 39.1. The van der Waals surface area contributed by atoms with Crippen molar-refractivity contribution < 1.29 is 17.9 Å². The minimum absolute atomic E-state index is 0.0596. The van der Waals surface area contributed by atoms with Gasteiger partial charge in [0.1, 0.15) is 0 Å². The molecule has 134 valence electrons. The van der Waals surface area contributed by atoms with Crippen molar-refractivity contribution in [2.24, 2.45) is 5.41 Å². The third-order valence-corrected chi connectivity index (χ3v) is 6.93. The molecule has 1 aromatic rings. The molecule has 0 spiro atoms. The fourth-order valence-corrected chi connectivity index (χ4v) is 5.51. The van der Waals surface area contributed by atoms with E-state index in [0.717, 1.165) is 31.4 Å². The van der Waals surface area contributed by atoms with Gasteiger partial charge in [0.2, 0.25) is 10.0 Å². The van der Waals surface area contributed by atoms with Gasteiger partial charge in [-0.1, -0.05) is 30.3 Å². The van der Waals surface area contributed by atoms with Crippen LogP contribution in [0, 0.1) is 5.41 Å². The third kappa shape index (κ3) is 3.82. The second-order valence-electron chi connectivity index (χ2n) is 6.83. The second kappa shape index (κ2) is 7.52. The number of ether oxygens (including phenoxy) is 2. The van der Waals surface area contributed by atoms with Gasteiger partial charge in [-0.2, -0.15) is 0 Å². The molecule has 2 atom stereocenters. The van der Waals surface area contributed by atoms with Gasteiger partial charge in [-0.25, -0.2) is 12.7 Å². The van der Waals surface area contributed by atoms with Crippen LogP contribution in [0.2, 0.25) is 0 Å². The van der Waals surface area contributed by atoms with Gasteiger partial charge in [-0.15, -0.1) is 0 Å². The molecule has 2 heterocycles. The summed E-state index contributed by atoms with van der Waals surface area (Å²) in [5.74, 6) is 0.0596. The van der Waals surface area contributed by atoms with E-state index in [-0.39, 0.29) is 17.3 Å². The quantitative estimate of drug-likeness (QED) is 0.788. The summed E-state index contributed by atoms with van der Waals surface area (Å²) >= 11 is 0. The molecule has 0 bridgehead atoms. The molecule has 2 saturated heterocycles. The minimum atomic E-state index is -3.33. The molecular weight excluding hydrogens is 326 g/mol. The highest BCUT2D eigenvalue weighted by atomic mass is 32.2. The lowest BCUT2D eigenvalue weighted by atomic mass is 9.73. The van der Waals surface area contributed by atoms with Crippen LogP contribution in [0.15, 0.2) is 30.3 Å². The van der Waals surface area contributed by atoms with E-state index in [1.54, 1.807) is 4.31 Å².